The lowest BCUT2D eigenvalue weighted by atomic mass is 10.0. The average Bonchev–Trinajstić information content (AvgIpc) is 2.52. The Morgan fingerprint density at radius 1 is 1.50 bits per heavy atom. The third kappa shape index (κ3) is 3.90. The van der Waals surface area contributed by atoms with Gasteiger partial charge in [-0.15, -0.1) is 0 Å². The van der Waals surface area contributed by atoms with Crippen molar-refractivity contribution < 1.29 is 15.0 Å². The first-order valence-electron chi connectivity index (χ1n) is 7.76. The summed E-state index contributed by atoms with van der Waals surface area (Å²) in [6.07, 6.45) is 2.66. The van der Waals surface area contributed by atoms with Gasteiger partial charge in [-0.3, -0.25) is 4.79 Å². The van der Waals surface area contributed by atoms with Gasteiger partial charge in [-0.05, 0) is 44.4 Å². The van der Waals surface area contributed by atoms with Crippen LogP contribution in [0.4, 0.5) is 11.4 Å². The molecule has 1 aromatic rings. The van der Waals surface area contributed by atoms with Crippen molar-refractivity contribution in [3.8, 4) is 0 Å². The summed E-state index contributed by atoms with van der Waals surface area (Å²) in [5.74, 6) is -0.482. The van der Waals surface area contributed by atoms with E-state index in [9.17, 15) is 9.90 Å². The van der Waals surface area contributed by atoms with Gasteiger partial charge in [0.25, 0.3) is 0 Å². The van der Waals surface area contributed by atoms with Crippen molar-refractivity contribution in [2.75, 3.05) is 29.9 Å². The standard InChI is InChI=1S/C16H25N3O3/c1-11-4-2-3-7-19(11)15-6-5-12(16(17)22)8-14(15)18-9-13(21)10-20/h5-6,8,11,13,18,20-21H,2-4,7,9-10H2,1H3,(H2,17,22). The molecule has 5 N–H and O–H groups in total. The van der Waals surface area contributed by atoms with E-state index in [1.165, 1.54) is 6.42 Å². The minimum Gasteiger partial charge on any atom is -0.394 e. The largest absolute Gasteiger partial charge is 0.394 e. The SMILES string of the molecule is CC1CCCCN1c1ccc(C(N)=O)cc1NCC(O)CO. The van der Waals surface area contributed by atoms with Crippen LogP contribution >= 0.6 is 0 Å². The summed E-state index contributed by atoms with van der Waals surface area (Å²) in [6.45, 7) is 3.06. The molecule has 1 fully saturated rings. The number of nitrogens with two attached hydrogens (primary N) is 1. The molecule has 0 bridgehead atoms. The summed E-state index contributed by atoms with van der Waals surface area (Å²) in [6, 6.07) is 5.77. The number of carbonyl (C=O) groups is 1. The van der Waals surface area contributed by atoms with Crippen molar-refractivity contribution in [2.24, 2.45) is 5.73 Å². The van der Waals surface area contributed by atoms with Crippen LogP contribution in [0.1, 0.15) is 36.5 Å². The maximum Gasteiger partial charge on any atom is 0.248 e. The van der Waals surface area contributed by atoms with Gasteiger partial charge in [-0.25, -0.2) is 0 Å². The second-order valence-electron chi connectivity index (χ2n) is 5.85. The van der Waals surface area contributed by atoms with Crippen LogP contribution < -0.4 is 16.0 Å². The molecule has 0 saturated carbocycles. The quantitative estimate of drug-likeness (QED) is 0.626. The van der Waals surface area contributed by atoms with Crippen LogP contribution in [0, 0.1) is 0 Å². The molecule has 1 aliphatic heterocycles. The molecule has 2 unspecified atom stereocenters. The van der Waals surface area contributed by atoms with Gasteiger partial charge < -0.3 is 26.2 Å². The van der Waals surface area contributed by atoms with E-state index >= 15 is 0 Å². The average molecular weight is 307 g/mol. The molecule has 122 valence electrons. The summed E-state index contributed by atoms with van der Waals surface area (Å²) >= 11 is 0. The minimum absolute atomic E-state index is 0.216. The Hall–Kier alpha value is -1.79. The van der Waals surface area contributed by atoms with Crippen molar-refractivity contribution in [2.45, 2.75) is 38.3 Å². The number of carbonyl (C=O) groups excluding carboxylic acids is 1. The van der Waals surface area contributed by atoms with Crippen molar-refractivity contribution >= 4 is 17.3 Å². The Bertz CT molecular complexity index is 521. The Labute approximate surface area is 130 Å². The molecule has 0 spiro atoms. The van der Waals surface area contributed by atoms with E-state index in [4.69, 9.17) is 10.8 Å². The van der Waals surface area contributed by atoms with E-state index in [2.05, 4.69) is 17.1 Å². The number of aliphatic hydroxyl groups excluding tert-OH is 2. The summed E-state index contributed by atoms with van der Waals surface area (Å²) in [4.78, 5) is 13.7. The van der Waals surface area contributed by atoms with Crippen LogP contribution in [0.15, 0.2) is 18.2 Å². The molecule has 1 amide bonds. The number of anilines is 2. The van der Waals surface area contributed by atoms with Gasteiger partial charge in [-0.2, -0.15) is 0 Å². The number of hydrogen-bond donors (Lipinski definition) is 4. The van der Waals surface area contributed by atoms with Crippen LogP contribution in [0.25, 0.3) is 0 Å². The highest BCUT2D eigenvalue weighted by atomic mass is 16.3. The van der Waals surface area contributed by atoms with E-state index in [0.717, 1.165) is 30.8 Å². The van der Waals surface area contributed by atoms with Crippen LogP contribution in [0.2, 0.25) is 0 Å². The number of benzene rings is 1. The number of primary amides is 1. The lowest BCUT2D eigenvalue weighted by Gasteiger charge is -2.37. The predicted octanol–water partition coefficient (Wildman–Crippen LogP) is 0.929. The Balaban J connectivity index is 2.28. The van der Waals surface area contributed by atoms with Crippen LogP contribution in [0.5, 0.6) is 0 Å². The highest BCUT2D eigenvalue weighted by Crippen LogP contribution is 2.32. The summed E-state index contributed by atoms with van der Waals surface area (Å²) in [5.41, 5.74) is 7.54. The zero-order valence-electron chi connectivity index (χ0n) is 13.0. The number of rotatable bonds is 6. The zero-order chi connectivity index (χ0) is 16.1. The molecule has 2 rings (SSSR count). The molecule has 2 atom stereocenters. The number of nitrogens with zero attached hydrogens (tertiary/aromatic N) is 1. The first kappa shape index (κ1) is 16.6. The first-order valence-corrected chi connectivity index (χ1v) is 7.76. The maximum absolute atomic E-state index is 11.4. The highest BCUT2D eigenvalue weighted by molar-refractivity contribution is 5.95. The fourth-order valence-electron chi connectivity index (χ4n) is 2.83. The Morgan fingerprint density at radius 3 is 2.91 bits per heavy atom. The van der Waals surface area contributed by atoms with Gasteiger partial charge in [0.1, 0.15) is 0 Å². The fraction of sp³-hybridized carbons (Fsp3) is 0.562. The van der Waals surface area contributed by atoms with E-state index in [0.29, 0.717) is 11.6 Å². The van der Waals surface area contributed by atoms with Crippen molar-refractivity contribution in [1.29, 1.82) is 0 Å². The molecule has 6 heteroatoms. The van der Waals surface area contributed by atoms with Crippen LogP contribution in [-0.4, -0.2) is 48.0 Å². The van der Waals surface area contributed by atoms with Gasteiger partial charge in [0.2, 0.25) is 5.91 Å². The number of hydrogen-bond acceptors (Lipinski definition) is 5. The Kier molecular flexibility index (Phi) is 5.63. The second kappa shape index (κ2) is 7.47. The molecule has 22 heavy (non-hydrogen) atoms. The third-order valence-electron chi connectivity index (χ3n) is 4.13. The van der Waals surface area contributed by atoms with Crippen LogP contribution in [-0.2, 0) is 0 Å². The number of piperidine rings is 1. The van der Waals surface area contributed by atoms with Crippen molar-refractivity contribution in [1.82, 2.24) is 0 Å². The van der Waals surface area contributed by atoms with E-state index in [1.54, 1.807) is 12.1 Å². The van der Waals surface area contributed by atoms with E-state index in [-0.39, 0.29) is 13.2 Å². The molecule has 0 radical (unpaired) electrons. The molecule has 0 aromatic heterocycles. The predicted molar refractivity (Wildman–Crippen MR) is 87.2 cm³/mol. The zero-order valence-corrected chi connectivity index (χ0v) is 13.0. The first-order chi connectivity index (χ1) is 10.5. The molecule has 0 aliphatic carbocycles. The fourth-order valence-corrected chi connectivity index (χ4v) is 2.83. The molecule has 1 saturated heterocycles. The number of nitrogens with one attached hydrogen (secondary N) is 1. The molecular formula is C16H25N3O3. The lowest BCUT2D eigenvalue weighted by molar-refractivity contribution is 0.100. The maximum atomic E-state index is 11.4. The molecule has 1 aromatic carbocycles. The monoisotopic (exact) mass is 307 g/mol. The van der Waals surface area contributed by atoms with Gasteiger partial charge in [0.15, 0.2) is 0 Å². The van der Waals surface area contributed by atoms with Crippen molar-refractivity contribution in [3.63, 3.8) is 0 Å². The Morgan fingerprint density at radius 2 is 2.27 bits per heavy atom. The van der Waals surface area contributed by atoms with Gasteiger partial charge in [0.05, 0.1) is 24.1 Å². The topological polar surface area (TPSA) is 98.8 Å². The molecule has 6 nitrogen and oxygen atoms in total. The molecular weight excluding hydrogens is 282 g/mol. The van der Waals surface area contributed by atoms with E-state index in [1.807, 2.05) is 6.07 Å². The van der Waals surface area contributed by atoms with Crippen molar-refractivity contribution in [3.05, 3.63) is 23.8 Å². The van der Waals surface area contributed by atoms with Crippen LogP contribution in [0.3, 0.4) is 0 Å². The van der Waals surface area contributed by atoms with Gasteiger partial charge in [-0.1, -0.05) is 0 Å². The van der Waals surface area contributed by atoms with Gasteiger partial charge in [0, 0.05) is 24.7 Å². The minimum atomic E-state index is -0.844. The molecule has 1 heterocycles. The second-order valence-corrected chi connectivity index (χ2v) is 5.85. The number of amides is 1. The normalized spacial score (nSPS) is 19.8. The smallest absolute Gasteiger partial charge is 0.248 e. The summed E-state index contributed by atoms with van der Waals surface area (Å²) < 4.78 is 0. The molecule has 1 aliphatic rings. The van der Waals surface area contributed by atoms with Gasteiger partial charge >= 0.3 is 0 Å². The summed E-state index contributed by atoms with van der Waals surface area (Å²) in [5, 5.41) is 21.6. The summed E-state index contributed by atoms with van der Waals surface area (Å²) in [7, 11) is 0. The van der Waals surface area contributed by atoms with E-state index < -0.39 is 12.0 Å². The highest BCUT2D eigenvalue weighted by Gasteiger charge is 2.21. The lowest BCUT2D eigenvalue weighted by Crippen LogP contribution is -2.38. The number of aliphatic hydroxyl groups is 2. The third-order valence-corrected chi connectivity index (χ3v) is 4.13.